The van der Waals surface area contributed by atoms with E-state index in [1.54, 1.807) is 0 Å². The van der Waals surface area contributed by atoms with Crippen LogP contribution in [0, 0.1) is 18.3 Å². The molecular weight excluding hydrogens is 186 g/mol. The molecule has 0 aliphatic rings. The van der Waals surface area contributed by atoms with Crippen LogP contribution in [0.5, 0.6) is 0 Å². The van der Waals surface area contributed by atoms with Gasteiger partial charge in [0.2, 0.25) is 0 Å². The van der Waals surface area contributed by atoms with E-state index in [4.69, 9.17) is 5.26 Å². The number of nitriles is 1. The number of hydrogen-bond donors (Lipinski definition) is 0. The summed E-state index contributed by atoms with van der Waals surface area (Å²) in [5.74, 6) is 0. The molecule has 0 amide bonds. The maximum atomic E-state index is 8.90. The van der Waals surface area contributed by atoms with Crippen molar-refractivity contribution in [3.63, 3.8) is 0 Å². The summed E-state index contributed by atoms with van der Waals surface area (Å²) in [5.41, 5.74) is 3.98. The molecule has 0 aliphatic carbocycles. The van der Waals surface area contributed by atoms with E-state index in [1.807, 2.05) is 30.8 Å². The summed E-state index contributed by atoms with van der Waals surface area (Å²) >= 11 is 0. The van der Waals surface area contributed by atoms with Crippen molar-refractivity contribution in [2.24, 2.45) is 7.05 Å². The molecule has 0 radical (unpaired) electrons. The predicted molar refractivity (Wildman–Crippen MR) is 59.5 cm³/mol. The number of fused-ring (bicyclic) bond motifs is 1. The minimum absolute atomic E-state index is 0.700. The van der Waals surface area contributed by atoms with Gasteiger partial charge in [0.25, 0.3) is 0 Å². The highest BCUT2D eigenvalue weighted by Crippen LogP contribution is 2.23. The van der Waals surface area contributed by atoms with Crippen LogP contribution in [0.4, 0.5) is 0 Å². The number of aryl methyl sites for hydroxylation is 3. The highest BCUT2D eigenvalue weighted by Gasteiger charge is 2.10. The molecule has 0 unspecified atom stereocenters. The second-order valence-electron chi connectivity index (χ2n) is 3.72. The Labute approximate surface area is 88.9 Å². The number of rotatable bonds is 1. The Kier molecular flexibility index (Phi) is 2.20. The molecule has 0 atom stereocenters. The number of nitrogens with zero attached hydrogens (tertiary/aromatic N) is 3. The zero-order valence-electron chi connectivity index (χ0n) is 9.20. The van der Waals surface area contributed by atoms with Crippen LogP contribution in [0.25, 0.3) is 10.9 Å². The number of benzene rings is 1. The van der Waals surface area contributed by atoms with E-state index >= 15 is 0 Å². The molecule has 2 aromatic rings. The van der Waals surface area contributed by atoms with E-state index in [2.05, 4.69) is 18.1 Å². The lowest BCUT2D eigenvalue weighted by Crippen LogP contribution is -1.90. The van der Waals surface area contributed by atoms with Crippen LogP contribution in [0.2, 0.25) is 0 Å². The molecular formula is C12H13N3. The van der Waals surface area contributed by atoms with Gasteiger partial charge < -0.3 is 0 Å². The average Bonchev–Trinajstić information content (AvgIpc) is 2.56. The molecule has 1 aromatic carbocycles. The summed E-state index contributed by atoms with van der Waals surface area (Å²) in [5, 5.41) is 14.5. The second kappa shape index (κ2) is 3.39. The van der Waals surface area contributed by atoms with E-state index in [9.17, 15) is 0 Å². The highest BCUT2D eigenvalue weighted by atomic mass is 15.3. The lowest BCUT2D eigenvalue weighted by atomic mass is 10.0. The van der Waals surface area contributed by atoms with Crippen LogP contribution in [-0.2, 0) is 13.5 Å². The Morgan fingerprint density at radius 1 is 1.47 bits per heavy atom. The predicted octanol–water partition coefficient (Wildman–Crippen LogP) is 2.32. The van der Waals surface area contributed by atoms with Crippen molar-refractivity contribution in [2.45, 2.75) is 20.3 Å². The van der Waals surface area contributed by atoms with E-state index in [0.29, 0.717) is 5.56 Å². The molecule has 0 saturated carbocycles. The molecule has 0 N–H and O–H groups in total. The third kappa shape index (κ3) is 1.39. The fraction of sp³-hybridized carbons (Fsp3) is 0.333. The van der Waals surface area contributed by atoms with Crippen molar-refractivity contribution in [3.8, 4) is 6.07 Å². The molecule has 1 heterocycles. The van der Waals surface area contributed by atoms with Gasteiger partial charge in [-0.2, -0.15) is 10.4 Å². The van der Waals surface area contributed by atoms with E-state index in [1.165, 1.54) is 5.39 Å². The van der Waals surface area contributed by atoms with Gasteiger partial charge in [0.05, 0.1) is 22.8 Å². The molecule has 1 aromatic heterocycles. The molecule has 3 nitrogen and oxygen atoms in total. The van der Waals surface area contributed by atoms with Gasteiger partial charge in [-0.15, -0.1) is 0 Å². The van der Waals surface area contributed by atoms with Crippen LogP contribution >= 0.6 is 0 Å². The highest BCUT2D eigenvalue weighted by molar-refractivity contribution is 5.86. The number of hydrogen-bond acceptors (Lipinski definition) is 2. The van der Waals surface area contributed by atoms with Crippen molar-refractivity contribution in [3.05, 3.63) is 29.0 Å². The fourth-order valence-corrected chi connectivity index (χ4v) is 2.00. The molecule has 3 heteroatoms. The van der Waals surface area contributed by atoms with Gasteiger partial charge in [-0.05, 0) is 31.0 Å². The quantitative estimate of drug-likeness (QED) is 0.707. The molecule has 0 spiro atoms. The molecule has 0 fully saturated rings. The molecule has 76 valence electrons. The second-order valence-corrected chi connectivity index (χ2v) is 3.72. The maximum absolute atomic E-state index is 8.90. The van der Waals surface area contributed by atoms with Crippen LogP contribution < -0.4 is 0 Å². The van der Waals surface area contributed by atoms with Crippen LogP contribution in [0.3, 0.4) is 0 Å². The molecule has 0 aliphatic heterocycles. The summed E-state index contributed by atoms with van der Waals surface area (Å²) in [6.07, 6.45) is 0.921. The molecule has 2 rings (SSSR count). The van der Waals surface area contributed by atoms with Crippen molar-refractivity contribution in [2.75, 3.05) is 0 Å². The Bertz CT molecular complexity index is 558. The fourth-order valence-electron chi connectivity index (χ4n) is 2.00. The van der Waals surface area contributed by atoms with E-state index < -0.39 is 0 Å². The first kappa shape index (κ1) is 9.72. The Morgan fingerprint density at radius 3 is 2.80 bits per heavy atom. The summed E-state index contributed by atoms with van der Waals surface area (Å²) in [6, 6.07) is 5.99. The van der Waals surface area contributed by atoms with Gasteiger partial charge in [0.15, 0.2) is 0 Å². The topological polar surface area (TPSA) is 41.6 Å². The van der Waals surface area contributed by atoms with Gasteiger partial charge in [-0.3, -0.25) is 4.68 Å². The monoisotopic (exact) mass is 199 g/mol. The third-order valence-electron chi connectivity index (χ3n) is 2.69. The first-order valence-electron chi connectivity index (χ1n) is 5.03. The summed E-state index contributed by atoms with van der Waals surface area (Å²) in [6.45, 7) is 4.13. The Morgan fingerprint density at radius 2 is 2.20 bits per heavy atom. The van der Waals surface area contributed by atoms with Gasteiger partial charge in [-0.25, -0.2) is 0 Å². The summed E-state index contributed by atoms with van der Waals surface area (Å²) in [4.78, 5) is 0. The average molecular weight is 199 g/mol. The van der Waals surface area contributed by atoms with Crippen LogP contribution in [0.1, 0.15) is 23.7 Å². The van der Waals surface area contributed by atoms with E-state index in [-0.39, 0.29) is 0 Å². The zero-order valence-corrected chi connectivity index (χ0v) is 9.20. The summed E-state index contributed by atoms with van der Waals surface area (Å²) in [7, 11) is 1.92. The first-order chi connectivity index (χ1) is 7.17. The van der Waals surface area contributed by atoms with E-state index in [0.717, 1.165) is 23.2 Å². The van der Waals surface area contributed by atoms with Gasteiger partial charge in [0.1, 0.15) is 0 Å². The zero-order chi connectivity index (χ0) is 11.0. The SMILES string of the molecule is CCc1nn(C)c2cc(C#N)cc(C)c12. The first-order valence-corrected chi connectivity index (χ1v) is 5.03. The normalized spacial score (nSPS) is 10.5. The minimum atomic E-state index is 0.700. The van der Waals surface area contributed by atoms with Crippen molar-refractivity contribution in [1.29, 1.82) is 5.26 Å². The lowest BCUT2D eigenvalue weighted by molar-refractivity contribution is 0.770. The summed E-state index contributed by atoms with van der Waals surface area (Å²) < 4.78 is 1.85. The minimum Gasteiger partial charge on any atom is -0.268 e. The smallest absolute Gasteiger partial charge is 0.0992 e. The molecule has 15 heavy (non-hydrogen) atoms. The Balaban J connectivity index is 2.88. The van der Waals surface area contributed by atoms with Crippen molar-refractivity contribution >= 4 is 10.9 Å². The lowest BCUT2D eigenvalue weighted by Gasteiger charge is -1.99. The molecule has 0 saturated heterocycles. The standard InChI is InChI=1S/C12H13N3/c1-4-10-12-8(2)5-9(7-13)6-11(12)15(3)14-10/h5-6H,4H2,1-3H3. The van der Waals surface area contributed by atoms with Crippen LogP contribution in [-0.4, -0.2) is 9.78 Å². The van der Waals surface area contributed by atoms with Crippen molar-refractivity contribution < 1.29 is 0 Å². The largest absolute Gasteiger partial charge is 0.268 e. The van der Waals surface area contributed by atoms with Crippen molar-refractivity contribution in [1.82, 2.24) is 9.78 Å². The third-order valence-corrected chi connectivity index (χ3v) is 2.69. The van der Waals surface area contributed by atoms with Crippen LogP contribution in [0.15, 0.2) is 12.1 Å². The Hall–Kier alpha value is -1.82. The van der Waals surface area contributed by atoms with Gasteiger partial charge in [-0.1, -0.05) is 6.92 Å². The maximum Gasteiger partial charge on any atom is 0.0992 e. The van der Waals surface area contributed by atoms with Gasteiger partial charge >= 0.3 is 0 Å². The van der Waals surface area contributed by atoms with Gasteiger partial charge in [0, 0.05) is 12.4 Å². The number of aromatic nitrogens is 2. The molecule has 0 bridgehead atoms.